The van der Waals surface area contributed by atoms with Gasteiger partial charge < -0.3 is 10.2 Å². The molecule has 0 bridgehead atoms. The monoisotopic (exact) mass is 204 g/mol. The van der Waals surface area contributed by atoms with Gasteiger partial charge in [-0.15, -0.1) is 0 Å². The van der Waals surface area contributed by atoms with Crippen molar-refractivity contribution in [3.63, 3.8) is 0 Å². The third-order valence-electron chi connectivity index (χ3n) is 3.36. The molecule has 1 aromatic carbocycles. The van der Waals surface area contributed by atoms with Crippen LogP contribution >= 0.6 is 0 Å². The van der Waals surface area contributed by atoms with Crippen molar-refractivity contribution in [1.82, 2.24) is 0 Å². The third kappa shape index (κ3) is 1.81. The van der Waals surface area contributed by atoms with E-state index in [2.05, 4.69) is 50.2 Å². The van der Waals surface area contributed by atoms with Gasteiger partial charge in [-0.2, -0.15) is 0 Å². The number of hydrogen-bond acceptors (Lipinski definition) is 2. The molecule has 0 saturated heterocycles. The molecule has 0 spiro atoms. The second-order valence-electron chi connectivity index (χ2n) is 4.65. The Morgan fingerprint density at radius 2 is 2.07 bits per heavy atom. The second kappa shape index (κ2) is 3.76. The quantitative estimate of drug-likeness (QED) is 0.699. The number of hydrogen-bond donors (Lipinski definition) is 1. The van der Waals surface area contributed by atoms with E-state index in [-0.39, 0.29) is 0 Å². The summed E-state index contributed by atoms with van der Waals surface area (Å²) in [6.07, 6.45) is 1.20. The van der Waals surface area contributed by atoms with Crippen molar-refractivity contribution >= 4 is 11.4 Å². The minimum Gasteiger partial charge on any atom is -0.383 e. The summed E-state index contributed by atoms with van der Waals surface area (Å²) in [5.41, 5.74) is 5.35. The predicted octanol–water partition coefficient (Wildman–Crippen LogP) is 2.94. The smallest absolute Gasteiger partial charge is 0.0607 e. The van der Waals surface area contributed by atoms with E-state index in [1.54, 1.807) is 0 Å². The van der Waals surface area contributed by atoms with E-state index in [9.17, 15) is 0 Å². The number of aryl methyl sites for hydroxylation is 2. The minimum absolute atomic E-state index is 0.611. The molecular formula is C13H20N2. The van der Waals surface area contributed by atoms with Crippen LogP contribution in [0.25, 0.3) is 0 Å². The molecule has 1 heterocycles. The molecule has 2 heteroatoms. The van der Waals surface area contributed by atoms with Crippen LogP contribution in [0.5, 0.6) is 0 Å². The highest BCUT2D eigenvalue weighted by Gasteiger charge is 2.18. The molecule has 1 aliphatic heterocycles. The Balaban J connectivity index is 2.53. The van der Waals surface area contributed by atoms with Crippen LogP contribution in [-0.4, -0.2) is 19.6 Å². The minimum atomic E-state index is 0.611. The molecule has 1 aromatic rings. The van der Waals surface area contributed by atoms with E-state index in [1.165, 1.54) is 28.9 Å². The van der Waals surface area contributed by atoms with Crippen LogP contribution in [0.4, 0.5) is 11.4 Å². The van der Waals surface area contributed by atoms with Gasteiger partial charge in [-0.05, 0) is 44.4 Å². The normalized spacial score (nSPS) is 20.5. The van der Waals surface area contributed by atoms with E-state index in [1.807, 2.05) is 0 Å². The SMILES string of the molecule is Cc1cc(C)c2c(c1)N(C)C(C)CCN2. The molecule has 2 nitrogen and oxygen atoms in total. The number of rotatable bonds is 0. The lowest BCUT2D eigenvalue weighted by Crippen LogP contribution is -2.28. The van der Waals surface area contributed by atoms with Gasteiger partial charge in [0.05, 0.1) is 11.4 Å². The standard InChI is InChI=1S/C13H20N2/c1-9-7-10(2)13-12(8-9)15(4)11(3)5-6-14-13/h7-8,11,14H,5-6H2,1-4H3. The van der Waals surface area contributed by atoms with E-state index in [0.717, 1.165) is 6.54 Å². The Labute approximate surface area is 92.3 Å². The maximum absolute atomic E-state index is 3.54. The number of nitrogens with zero attached hydrogens (tertiary/aromatic N) is 1. The van der Waals surface area contributed by atoms with Crippen LogP contribution in [-0.2, 0) is 0 Å². The first-order valence-electron chi connectivity index (χ1n) is 5.67. The van der Waals surface area contributed by atoms with Crippen LogP contribution < -0.4 is 10.2 Å². The molecule has 82 valence electrons. The summed E-state index contributed by atoms with van der Waals surface area (Å²) < 4.78 is 0. The summed E-state index contributed by atoms with van der Waals surface area (Å²) in [6, 6.07) is 5.13. The summed E-state index contributed by atoms with van der Waals surface area (Å²) in [7, 11) is 2.19. The summed E-state index contributed by atoms with van der Waals surface area (Å²) in [5.74, 6) is 0. The molecule has 0 aliphatic carbocycles. The Morgan fingerprint density at radius 3 is 2.80 bits per heavy atom. The fraction of sp³-hybridized carbons (Fsp3) is 0.538. The number of benzene rings is 1. The predicted molar refractivity (Wildman–Crippen MR) is 66.9 cm³/mol. The molecule has 0 fully saturated rings. The van der Waals surface area contributed by atoms with Gasteiger partial charge in [0.15, 0.2) is 0 Å². The number of nitrogens with one attached hydrogen (secondary N) is 1. The molecule has 1 atom stereocenters. The van der Waals surface area contributed by atoms with Crippen molar-refractivity contribution < 1.29 is 0 Å². The summed E-state index contributed by atoms with van der Waals surface area (Å²) in [5, 5.41) is 3.54. The van der Waals surface area contributed by atoms with E-state index >= 15 is 0 Å². The van der Waals surface area contributed by atoms with Crippen LogP contribution in [0.2, 0.25) is 0 Å². The first-order chi connectivity index (χ1) is 7.09. The van der Waals surface area contributed by atoms with E-state index < -0.39 is 0 Å². The molecule has 15 heavy (non-hydrogen) atoms. The summed E-state index contributed by atoms with van der Waals surface area (Å²) in [6.45, 7) is 7.70. The molecule has 0 amide bonds. The van der Waals surface area contributed by atoms with Gasteiger partial charge in [0.25, 0.3) is 0 Å². The Morgan fingerprint density at radius 1 is 1.33 bits per heavy atom. The lowest BCUT2D eigenvalue weighted by molar-refractivity contribution is 0.657. The lowest BCUT2D eigenvalue weighted by atomic mass is 10.1. The number of fused-ring (bicyclic) bond motifs is 1. The van der Waals surface area contributed by atoms with Gasteiger partial charge >= 0.3 is 0 Å². The zero-order chi connectivity index (χ0) is 11.0. The van der Waals surface area contributed by atoms with Crippen molar-refractivity contribution in [2.45, 2.75) is 33.2 Å². The molecule has 0 radical (unpaired) electrons. The Hall–Kier alpha value is -1.18. The lowest BCUT2D eigenvalue weighted by Gasteiger charge is -2.26. The summed E-state index contributed by atoms with van der Waals surface area (Å²) >= 11 is 0. The van der Waals surface area contributed by atoms with Crippen molar-refractivity contribution in [3.05, 3.63) is 23.3 Å². The average molecular weight is 204 g/mol. The Kier molecular flexibility index (Phi) is 2.59. The fourth-order valence-corrected chi connectivity index (χ4v) is 2.29. The molecule has 1 aliphatic rings. The van der Waals surface area contributed by atoms with Crippen LogP contribution in [0, 0.1) is 13.8 Å². The number of anilines is 2. The van der Waals surface area contributed by atoms with Gasteiger partial charge in [0.2, 0.25) is 0 Å². The molecule has 0 saturated carbocycles. The first kappa shape index (κ1) is 10.3. The van der Waals surface area contributed by atoms with Gasteiger partial charge in [0.1, 0.15) is 0 Å². The van der Waals surface area contributed by atoms with E-state index in [0.29, 0.717) is 6.04 Å². The molecule has 1 unspecified atom stereocenters. The van der Waals surface area contributed by atoms with Gasteiger partial charge in [-0.1, -0.05) is 6.07 Å². The van der Waals surface area contributed by atoms with Crippen LogP contribution in [0.3, 0.4) is 0 Å². The van der Waals surface area contributed by atoms with Crippen LogP contribution in [0.1, 0.15) is 24.5 Å². The third-order valence-corrected chi connectivity index (χ3v) is 3.36. The van der Waals surface area contributed by atoms with Gasteiger partial charge in [0, 0.05) is 19.6 Å². The molecule has 1 N–H and O–H groups in total. The second-order valence-corrected chi connectivity index (χ2v) is 4.65. The van der Waals surface area contributed by atoms with E-state index in [4.69, 9.17) is 0 Å². The first-order valence-corrected chi connectivity index (χ1v) is 5.67. The van der Waals surface area contributed by atoms with Gasteiger partial charge in [-0.3, -0.25) is 0 Å². The van der Waals surface area contributed by atoms with Crippen molar-refractivity contribution in [2.75, 3.05) is 23.8 Å². The fourth-order valence-electron chi connectivity index (χ4n) is 2.29. The molecular weight excluding hydrogens is 184 g/mol. The maximum Gasteiger partial charge on any atom is 0.0607 e. The zero-order valence-corrected chi connectivity index (χ0v) is 10.1. The van der Waals surface area contributed by atoms with Crippen molar-refractivity contribution in [2.24, 2.45) is 0 Å². The van der Waals surface area contributed by atoms with Gasteiger partial charge in [-0.25, -0.2) is 0 Å². The average Bonchev–Trinajstić information content (AvgIpc) is 2.30. The van der Waals surface area contributed by atoms with Crippen molar-refractivity contribution in [1.29, 1.82) is 0 Å². The molecule has 2 rings (SSSR count). The highest BCUT2D eigenvalue weighted by Crippen LogP contribution is 2.33. The Bertz CT molecular complexity index is 371. The highest BCUT2D eigenvalue weighted by molar-refractivity contribution is 5.75. The summed E-state index contributed by atoms with van der Waals surface area (Å²) in [4.78, 5) is 2.38. The molecule has 0 aromatic heterocycles. The topological polar surface area (TPSA) is 15.3 Å². The highest BCUT2D eigenvalue weighted by atomic mass is 15.2. The largest absolute Gasteiger partial charge is 0.383 e. The zero-order valence-electron chi connectivity index (χ0n) is 10.1. The maximum atomic E-state index is 3.54. The van der Waals surface area contributed by atoms with Crippen LogP contribution in [0.15, 0.2) is 12.1 Å². The van der Waals surface area contributed by atoms with Crippen molar-refractivity contribution in [3.8, 4) is 0 Å².